The van der Waals surface area contributed by atoms with Gasteiger partial charge in [0, 0.05) is 20.6 Å². The van der Waals surface area contributed by atoms with Gasteiger partial charge >= 0.3 is 29.8 Å². The molecule has 4 saturated carbocycles. The highest BCUT2D eigenvalue weighted by molar-refractivity contribution is 5.78. The highest BCUT2D eigenvalue weighted by Crippen LogP contribution is 2.68. The van der Waals surface area contributed by atoms with E-state index in [1.807, 2.05) is 0 Å². The molecule has 0 aliphatic heterocycles. The van der Waals surface area contributed by atoms with Crippen LogP contribution >= 0.6 is 0 Å². The highest BCUT2D eigenvalue weighted by atomic mass is 16.7. The summed E-state index contributed by atoms with van der Waals surface area (Å²) in [4.78, 5) is 63.9. The maximum Gasteiger partial charge on any atom is 0.308 e. The number of ether oxygens (including phenoxy) is 17. The molecule has 0 aromatic carbocycles. The van der Waals surface area contributed by atoms with Gasteiger partial charge in [0.1, 0.15) is 13.2 Å². The van der Waals surface area contributed by atoms with Crippen molar-refractivity contribution in [3.8, 4) is 0 Å². The first kappa shape index (κ1) is 73.2. The first-order valence-corrected chi connectivity index (χ1v) is 30.2. The molecular formula is C59H102O25. The molecule has 4 aliphatic rings. The van der Waals surface area contributed by atoms with Gasteiger partial charge in [-0.05, 0) is 97.7 Å². The molecule has 0 aromatic rings. The van der Waals surface area contributed by atoms with E-state index in [0.717, 1.165) is 25.7 Å². The van der Waals surface area contributed by atoms with Crippen molar-refractivity contribution in [2.24, 2.45) is 46.3 Å². The summed E-state index contributed by atoms with van der Waals surface area (Å²) in [5.74, 6) is -3.01. The molecule has 488 valence electrons. The molecule has 0 amide bonds. The molecule has 0 bridgehead atoms. The van der Waals surface area contributed by atoms with E-state index >= 15 is 0 Å². The van der Waals surface area contributed by atoms with Crippen LogP contribution in [-0.4, -0.2) is 243 Å². The molecular weight excluding hydrogens is 1110 g/mol. The number of methoxy groups -OCH3 is 2. The second kappa shape index (κ2) is 42.6. The molecule has 4 fully saturated rings. The first-order chi connectivity index (χ1) is 40.6. The van der Waals surface area contributed by atoms with E-state index < -0.39 is 73.2 Å². The van der Waals surface area contributed by atoms with Crippen LogP contribution in [0.25, 0.3) is 0 Å². The van der Waals surface area contributed by atoms with Gasteiger partial charge in [0.25, 0.3) is 0 Å². The topological polar surface area (TPSA) is 303 Å². The molecule has 0 aromatic heterocycles. The molecule has 84 heavy (non-hydrogen) atoms. The Kier molecular flexibility index (Phi) is 37.1. The van der Waals surface area contributed by atoms with Gasteiger partial charge in [-0.3, -0.25) is 24.0 Å². The van der Waals surface area contributed by atoms with Crippen molar-refractivity contribution >= 4 is 29.8 Å². The summed E-state index contributed by atoms with van der Waals surface area (Å²) >= 11 is 0. The van der Waals surface area contributed by atoms with E-state index in [9.17, 15) is 39.3 Å². The van der Waals surface area contributed by atoms with Crippen LogP contribution in [-0.2, 0) is 104 Å². The highest BCUT2D eigenvalue weighted by Gasteiger charge is 2.65. The molecule has 3 N–H and O–H groups in total. The number of rotatable bonds is 49. The van der Waals surface area contributed by atoms with Gasteiger partial charge in [-0.1, -0.05) is 20.8 Å². The van der Waals surface area contributed by atoms with Gasteiger partial charge in [-0.15, -0.1) is 0 Å². The molecule has 25 nitrogen and oxygen atoms in total. The number of aliphatic hydroxyl groups is 3. The molecule has 0 spiro atoms. The fraction of sp³-hybridized carbons (Fsp3) is 0.915. The normalized spacial score (nSPS) is 26.1. The molecule has 12 atom stereocenters. The second-order valence-corrected chi connectivity index (χ2v) is 22.5. The Balaban J connectivity index is 1.14. The maximum absolute atomic E-state index is 13.3. The van der Waals surface area contributed by atoms with E-state index in [-0.39, 0.29) is 113 Å². The number of hydrogen-bond acceptors (Lipinski definition) is 25. The molecule has 9 unspecified atom stereocenters. The molecule has 4 rings (SSSR count). The van der Waals surface area contributed by atoms with Gasteiger partial charge in [0.15, 0.2) is 19.7 Å². The summed E-state index contributed by atoms with van der Waals surface area (Å²) in [5.41, 5.74) is -0.501. The van der Waals surface area contributed by atoms with E-state index in [2.05, 4.69) is 20.8 Å². The Hall–Kier alpha value is -3.25. The van der Waals surface area contributed by atoms with Gasteiger partial charge < -0.3 is 95.8 Å². The number of esters is 5. The van der Waals surface area contributed by atoms with Crippen molar-refractivity contribution in [3.63, 3.8) is 0 Å². The number of carbonyl (C=O) groups excluding carboxylic acids is 5. The van der Waals surface area contributed by atoms with Crippen molar-refractivity contribution < 1.29 is 120 Å². The van der Waals surface area contributed by atoms with Crippen LogP contribution in [0.15, 0.2) is 0 Å². The van der Waals surface area contributed by atoms with E-state index in [1.54, 1.807) is 14.2 Å². The van der Waals surface area contributed by atoms with Crippen LogP contribution in [0.4, 0.5) is 0 Å². The second-order valence-electron chi connectivity index (χ2n) is 22.5. The predicted octanol–water partition coefficient (Wildman–Crippen LogP) is 3.38. The third-order valence-electron chi connectivity index (χ3n) is 17.0. The Morgan fingerprint density at radius 1 is 0.464 bits per heavy atom. The third kappa shape index (κ3) is 27.0. The number of aliphatic hydroxyl groups excluding tert-OH is 3. The lowest BCUT2D eigenvalue weighted by atomic mass is 9.43. The lowest BCUT2D eigenvalue weighted by Gasteiger charge is -2.63. The largest absolute Gasteiger partial charge is 0.462 e. The Morgan fingerprint density at radius 2 is 0.869 bits per heavy atom. The summed E-state index contributed by atoms with van der Waals surface area (Å²) in [6.45, 7) is 12.6. The van der Waals surface area contributed by atoms with Crippen molar-refractivity contribution in [3.05, 3.63) is 0 Å². The zero-order valence-electron chi connectivity index (χ0n) is 50.8. The summed E-state index contributed by atoms with van der Waals surface area (Å²) in [6.07, 6.45) is 1.65. The standard InChI is InChI=1S/C59H102O25/c1-43(47-7-8-48-57-49(38-51(62)59(47,48)3)58(2)15-14-45(60)36-44(58)37-50(57)61)6-9-52(63)80-39-46(84-56(67)13-12-55(66)83-42-79-35-33-77-31-29-75-27-25-73-23-21-71-19-17-69-5)40-81-53(64)10-11-54(65)82-41-78-34-32-76-30-28-74-26-24-72-22-20-70-18-16-68-4/h43-51,57,60-62H,6-42H2,1-5H3/t43?,44?,45-,46?,47?,48?,49?,50-,51+,57?,58?,59?/m1/s1. The van der Waals surface area contributed by atoms with E-state index in [4.69, 9.17) is 80.5 Å². The van der Waals surface area contributed by atoms with Crippen molar-refractivity contribution in [2.75, 3.05) is 173 Å². The van der Waals surface area contributed by atoms with Crippen LogP contribution in [0.3, 0.4) is 0 Å². The lowest BCUT2D eigenvalue weighted by molar-refractivity contribution is -0.207. The van der Waals surface area contributed by atoms with Crippen LogP contribution < -0.4 is 0 Å². The molecule has 0 radical (unpaired) electrons. The number of fused-ring (bicyclic) bond motifs is 5. The van der Waals surface area contributed by atoms with E-state index in [0.29, 0.717) is 131 Å². The quantitative estimate of drug-likeness (QED) is 0.0340. The molecule has 0 heterocycles. The van der Waals surface area contributed by atoms with Crippen molar-refractivity contribution in [1.29, 1.82) is 0 Å². The maximum atomic E-state index is 13.3. The minimum Gasteiger partial charge on any atom is -0.462 e. The van der Waals surface area contributed by atoms with Gasteiger partial charge in [0.05, 0.1) is 176 Å². The third-order valence-corrected chi connectivity index (χ3v) is 17.0. The monoisotopic (exact) mass is 1210 g/mol. The average molecular weight is 1210 g/mol. The Bertz CT molecular complexity index is 1810. The fourth-order valence-electron chi connectivity index (χ4n) is 12.5. The SMILES string of the molecule is COCCOCCOCCOCCOCCOCOC(=O)CCC(=O)OCC(COC(=O)CCC(C)C1CCC2C3C(C[C@H](O)C12C)C1(C)CC[C@@H](O)CC1C[C@H]3O)OC(=O)CCC(=O)OCOCCOCCOCCOCCOCCOC. The Labute approximate surface area is 496 Å². The summed E-state index contributed by atoms with van der Waals surface area (Å²) in [7, 11) is 3.22. The average Bonchev–Trinajstić information content (AvgIpc) is 1.35. The van der Waals surface area contributed by atoms with Crippen LogP contribution in [0, 0.1) is 46.3 Å². The zero-order chi connectivity index (χ0) is 60.8. The van der Waals surface area contributed by atoms with Gasteiger partial charge in [0.2, 0.25) is 0 Å². The van der Waals surface area contributed by atoms with Crippen molar-refractivity contribution in [2.45, 2.75) is 129 Å². The fourth-order valence-corrected chi connectivity index (χ4v) is 12.5. The smallest absolute Gasteiger partial charge is 0.308 e. The summed E-state index contributed by atoms with van der Waals surface area (Å²) < 4.78 is 90.2. The molecule has 0 saturated heterocycles. The minimum absolute atomic E-state index is 0.0223. The number of hydrogen-bond donors (Lipinski definition) is 3. The predicted molar refractivity (Wildman–Crippen MR) is 297 cm³/mol. The molecule has 4 aliphatic carbocycles. The van der Waals surface area contributed by atoms with Gasteiger partial charge in [-0.25, -0.2) is 0 Å². The van der Waals surface area contributed by atoms with Crippen LogP contribution in [0.2, 0.25) is 0 Å². The van der Waals surface area contributed by atoms with Gasteiger partial charge in [-0.2, -0.15) is 0 Å². The first-order valence-electron chi connectivity index (χ1n) is 30.2. The Morgan fingerprint density at radius 3 is 1.32 bits per heavy atom. The minimum atomic E-state index is -1.25. The van der Waals surface area contributed by atoms with E-state index in [1.165, 1.54) is 0 Å². The van der Waals surface area contributed by atoms with Crippen molar-refractivity contribution in [1.82, 2.24) is 0 Å². The molecule has 25 heteroatoms. The lowest BCUT2D eigenvalue weighted by Crippen LogP contribution is -2.62. The van der Waals surface area contributed by atoms with Crippen LogP contribution in [0.1, 0.15) is 104 Å². The summed E-state index contributed by atoms with van der Waals surface area (Å²) in [5, 5.41) is 34.2. The summed E-state index contributed by atoms with van der Waals surface area (Å²) in [6, 6.07) is 0. The van der Waals surface area contributed by atoms with Crippen LogP contribution in [0.5, 0.6) is 0 Å². The number of carbonyl (C=O) groups is 5. The zero-order valence-corrected chi connectivity index (χ0v) is 50.8.